The van der Waals surface area contributed by atoms with Gasteiger partial charge in [-0.2, -0.15) is 0 Å². The number of fused-ring (bicyclic) bond motifs is 1. The lowest BCUT2D eigenvalue weighted by atomic mass is 10.0. The van der Waals surface area contributed by atoms with Crippen molar-refractivity contribution in [3.8, 4) is 5.75 Å². The van der Waals surface area contributed by atoms with Crippen LogP contribution in [0.3, 0.4) is 0 Å². The Hall–Kier alpha value is -2.50. The highest BCUT2D eigenvalue weighted by Crippen LogP contribution is 2.45. The van der Waals surface area contributed by atoms with Crippen LogP contribution < -0.4 is 5.63 Å². The SMILES string of the molecule is Cc1cc(O)c(C2=Nc3ccccc3S[C@@H](c3ccc(Cl)cc3)C2)c(=O)o1. The molecule has 2 heterocycles. The number of aryl methyl sites for hydroxylation is 1. The minimum atomic E-state index is -0.578. The van der Waals surface area contributed by atoms with Crippen LogP contribution in [-0.4, -0.2) is 10.8 Å². The molecule has 1 atom stereocenters. The van der Waals surface area contributed by atoms with Gasteiger partial charge in [-0.25, -0.2) is 4.79 Å². The second-order valence-electron chi connectivity index (χ2n) is 6.29. The van der Waals surface area contributed by atoms with E-state index in [9.17, 15) is 9.90 Å². The van der Waals surface area contributed by atoms with Crippen molar-refractivity contribution >= 4 is 34.8 Å². The first-order valence-corrected chi connectivity index (χ1v) is 9.70. The van der Waals surface area contributed by atoms with Crippen LogP contribution in [-0.2, 0) is 0 Å². The Labute approximate surface area is 165 Å². The number of hydrogen-bond acceptors (Lipinski definition) is 5. The third-order valence-electron chi connectivity index (χ3n) is 4.35. The molecule has 0 saturated carbocycles. The molecular weight excluding hydrogens is 382 g/mol. The highest BCUT2D eigenvalue weighted by atomic mass is 35.5. The molecular formula is C21H16ClNO3S. The zero-order valence-corrected chi connectivity index (χ0v) is 16.1. The molecule has 0 bridgehead atoms. The lowest BCUT2D eigenvalue weighted by Crippen LogP contribution is -2.16. The number of para-hydroxylation sites is 1. The predicted octanol–water partition coefficient (Wildman–Crippen LogP) is 5.67. The molecule has 4 rings (SSSR count). The third kappa shape index (κ3) is 3.66. The van der Waals surface area contributed by atoms with Gasteiger partial charge in [0.2, 0.25) is 0 Å². The van der Waals surface area contributed by atoms with Crippen molar-refractivity contribution in [3.05, 3.63) is 86.9 Å². The summed E-state index contributed by atoms with van der Waals surface area (Å²) in [6, 6.07) is 16.9. The maximum atomic E-state index is 12.4. The van der Waals surface area contributed by atoms with Gasteiger partial charge in [-0.1, -0.05) is 35.9 Å². The summed E-state index contributed by atoms with van der Waals surface area (Å²) in [6.45, 7) is 1.63. The van der Waals surface area contributed by atoms with Crippen LogP contribution in [0, 0.1) is 6.92 Å². The first-order valence-electron chi connectivity index (χ1n) is 8.44. The fourth-order valence-corrected chi connectivity index (χ4v) is 4.45. The molecule has 0 saturated heterocycles. The van der Waals surface area contributed by atoms with Crippen molar-refractivity contribution in [2.45, 2.75) is 23.5 Å². The second kappa shape index (κ2) is 7.25. The maximum absolute atomic E-state index is 12.4. The van der Waals surface area contributed by atoms with E-state index in [4.69, 9.17) is 21.0 Å². The van der Waals surface area contributed by atoms with Crippen LogP contribution >= 0.6 is 23.4 Å². The average molecular weight is 398 g/mol. The summed E-state index contributed by atoms with van der Waals surface area (Å²) >= 11 is 7.71. The van der Waals surface area contributed by atoms with E-state index in [1.54, 1.807) is 18.7 Å². The predicted molar refractivity (Wildman–Crippen MR) is 109 cm³/mol. The molecule has 136 valence electrons. The number of aliphatic imine (C=N–C) groups is 1. The molecule has 6 heteroatoms. The van der Waals surface area contributed by atoms with Gasteiger partial charge >= 0.3 is 5.63 Å². The standard InChI is InChI=1S/C21H16ClNO3S/c1-12-10-17(24)20(21(25)26-12)16-11-19(13-6-8-14(22)9-7-13)27-18-5-3-2-4-15(18)23-16/h2-10,19,24H,11H2,1H3/t19-/m1/s1. The van der Waals surface area contributed by atoms with E-state index in [-0.39, 0.29) is 16.6 Å². The molecule has 2 aromatic carbocycles. The zero-order valence-electron chi connectivity index (χ0n) is 14.5. The fraction of sp³-hybridized carbons (Fsp3) is 0.143. The molecule has 0 unspecified atom stereocenters. The van der Waals surface area contributed by atoms with Gasteiger partial charge in [-0.3, -0.25) is 4.99 Å². The van der Waals surface area contributed by atoms with Gasteiger partial charge in [0.25, 0.3) is 0 Å². The molecule has 1 aliphatic rings. The topological polar surface area (TPSA) is 62.8 Å². The van der Waals surface area contributed by atoms with Crippen LogP contribution in [0.5, 0.6) is 5.75 Å². The van der Waals surface area contributed by atoms with Gasteiger partial charge in [-0.15, -0.1) is 11.8 Å². The van der Waals surface area contributed by atoms with Gasteiger partial charge in [0.15, 0.2) is 0 Å². The minimum absolute atomic E-state index is 0.0183. The highest BCUT2D eigenvalue weighted by molar-refractivity contribution is 7.99. The van der Waals surface area contributed by atoms with Gasteiger partial charge in [0.05, 0.1) is 11.4 Å². The number of nitrogens with zero attached hydrogens (tertiary/aromatic N) is 1. The van der Waals surface area contributed by atoms with Crippen molar-refractivity contribution in [1.82, 2.24) is 0 Å². The summed E-state index contributed by atoms with van der Waals surface area (Å²) in [5.41, 5.74) is 1.90. The van der Waals surface area contributed by atoms with E-state index in [1.807, 2.05) is 48.5 Å². The fourth-order valence-electron chi connectivity index (χ4n) is 3.09. The Bertz CT molecular complexity index is 1090. The lowest BCUT2D eigenvalue weighted by Gasteiger charge is -2.16. The van der Waals surface area contributed by atoms with Gasteiger partial charge in [0.1, 0.15) is 17.1 Å². The molecule has 0 spiro atoms. The summed E-state index contributed by atoms with van der Waals surface area (Å²) in [4.78, 5) is 18.2. The smallest absolute Gasteiger partial charge is 0.348 e. The van der Waals surface area contributed by atoms with Crippen molar-refractivity contribution in [2.75, 3.05) is 0 Å². The van der Waals surface area contributed by atoms with Crippen molar-refractivity contribution in [1.29, 1.82) is 0 Å². The molecule has 27 heavy (non-hydrogen) atoms. The van der Waals surface area contributed by atoms with Crippen molar-refractivity contribution in [2.24, 2.45) is 4.99 Å². The summed E-state index contributed by atoms with van der Waals surface area (Å²) in [5, 5.41) is 11.1. The first-order chi connectivity index (χ1) is 13.0. The number of rotatable bonds is 2. The molecule has 0 aliphatic carbocycles. The molecule has 0 fully saturated rings. The molecule has 4 nitrogen and oxygen atoms in total. The molecule has 3 aromatic rings. The molecule has 1 aliphatic heterocycles. The van der Waals surface area contributed by atoms with Crippen LogP contribution in [0.4, 0.5) is 5.69 Å². The Morgan fingerprint density at radius 3 is 2.67 bits per heavy atom. The first kappa shape index (κ1) is 17.9. The molecule has 1 aromatic heterocycles. The quantitative estimate of drug-likeness (QED) is 0.605. The Morgan fingerprint density at radius 1 is 1.19 bits per heavy atom. The Balaban J connectivity index is 1.86. The van der Waals surface area contributed by atoms with E-state index in [0.29, 0.717) is 22.9 Å². The molecule has 0 radical (unpaired) electrons. The Kier molecular flexibility index (Phi) is 4.81. The summed E-state index contributed by atoms with van der Waals surface area (Å²) < 4.78 is 5.21. The monoisotopic (exact) mass is 397 g/mol. The molecule has 0 amide bonds. The van der Waals surface area contributed by atoms with E-state index >= 15 is 0 Å². The number of aromatic hydroxyl groups is 1. The van der Waals surface area contributed by atoms with Gasteiger partial charge in [0, 0.05) is 27.7 Å². The molecule has 1 N–H and O–H groups in total. The maximum Gasteiger partial charge on any atom is 0.348 e. The highest BCUT2D eigenvalue weighted by Gasteiger charge is 2.26. The lowest BCUT2D eigenvalue weighted by molar-refractivity contribution is 0.432. The third-order valence-corrected chi connectivity index (χ3v) is 5.93. The van der Waals surface area contributed by atoms with Crippen LogP contribution in [0.25, 0.3) is 0 Å². The van der Waals surface area contributed by atoms with Gasteiger partial charge < -0.3 is 9.52 Å². The van der Waals surface area contributed by atoms with Crippen LogP contribution in [0.15, 0.2) is 73.7 Å². The average Bonchev–Trinajstić information content (AvgIpc) is 2.81. The van der Waals surface area contributed by atoms with E-state index < -0.39 is 5.63 Å². The summed E-state index contributed by atoms with van der Waals surface area (Å²) in [6.07, 6.45) is 0.475. The van der Waals surface area contributed by atoms with E-state index in [1.165, 1.54) is 6.07 Å². The number of thioether (sulfide) groups is 1. The van der Waals surface area contributed by atoms with Crippen LogP contribution in [0.1, 0.15) is 28.6 Å². The number of halogens is 1. The number of hydrogen-bond donors (Lipinski definition) is 1. The van der Waals surface area contributed by atoms with Crippen molar-refractivity contribution < 1.29 is 9.52 Å². The summed E-state index contributed by atoms with van der Waals surface area (Å²) in [5.74, 6) is 0.251. The largest absolute Gasteiger partial charge is 0.507 e. The Morgan fingerprint density at radius 2 is 1.93 bits per heavy atom. The summed E-state index contributed by atoms with van der Waals surface area (Å²) in [7, 11) is 0. The van der Waals surface area contributed by atoms with Crippen LogP contribution in [0.2, 0.25) is 5.02 Å². The van der Waals surface area contributed by atoms with Gasteiger partial charge in [-0.05, 0) is 36.8 Å². The van der Waals surface area contributed by atoms with E-state index in [2.05, 4.69) is 0 Å². The van der Waals surface area contributed by atoms with Crippen molar-refractivity contribution in [3.63, 3.8) is 0 Å². The zero-order chi connectivity index (χ0) is 19.0. The van der Waals surface area contributed by atoms with E-state index in [0.717, 1.165) is 16.1 Å². The minimum Gasteiger partial charge on any atom is -0.507 e. The second-order valence-corrected chi connectivity index (χ2v) is 7.97. The number of benzene rings is 2. The normalized spacial score (nSPS) is 16.4.